The van der Waals surface area contributed by atoms with Crippen molar-refractivity contribution in [3.63, 3.8) is 0 Å². The number of anilines is 1. The Bertz CT molecular complexity index is 1210. The van der Waals surface area contributed by atoms with Crippen molar-refractivity contribution < 1.29 is 22.7 Å². The van der Waals surface area contributed by atoms with Crippen LogP contribution in [-0.2, 0) is 14.8 Å². The lowest BCUT2D eigenvalue weighted by molar-refractivity contribution is -0.120. The van der Waals surface area contributed by atoms with Gasteiger partial charge in [-0.1, -0.05) is 18.2 Å². The summed E-state index contributed by atoms with van der Waals surface area (Å²) in [5, 5.41) is 3.67. The van der Waals surface area contributed by atoms with Crippen molar-refractivity contribution in [3.8, 4) is 11.5 Å². The van der Waals surface area contributed by atoms with Crippen LogP contribution in [0.5, 0.6) is 11.5 Å². The van der Waals surface area contributed by atoms with Crippen LogP contribution in [-0.4, -0.2) is 50.9 Å². The minimum Gasteiger partial charge on any atom is -0.497 e. The molecular weight excluding hydrogens is 430 g/mol. The zero-order valence-electron chi connectivity index (χ0n) is 17.9. The van der Waals surface area contributed by atoms with Crippen LogP contribution in [0.2, 0.25) is 0 Å². The molecule has 9 heteroatoms. The zero-order chi connectivity index (χ0) is 22.7. The summed E-state index contributed by atoms with van der Waals surface area (Å²) < 4.78 is 38.5. The molecule has 1 aliphatic heterocycles. The molecule has 1 fully saturated rings. The second kappa shape index (κ2) is 9.13. The van der Waals surface area contributed by atoms with E-state index in [1.165, 1.54) is 4.31 Å². The van der Waals surface area contributed by atoms with Crippen molar-refractivity contribution in [1.29, 1.82) is 0 Å². The number of piperidine rings is 1. The van der Waals surface area contributed by atoms with E-state index in [9.17, 15) is 13.2 Å². The molecule has 3 aromatic rings. The van der Waals surface area contributed by atoms with Gasteiger partial charge in [0.1, 0.15) is 16.4 Å². The molecule has 1 saturated heterocycles. The molecule has 32 heavy (non-hydrogen) atoms. The first kappa shape index (κ1) is 22.0. The maximum absolute atomic E-state index is 13.3. The van der Waals surface area contributed by atoms with E-state index in [1.54, 1.807) is 56.8 Å². The monoisotopic (exact) mass is 455 g/mol. The van der Waals surface area contributed by atoms with Gasteiger partial charge in [0.25, 0.3) is 0 Å². The third-order valence-corrected chi connectivity index (χ3v) is 7.59. The summed E-state index contributed by atoms with van der Waals surface area (Å²) in [6, 6.07) is 13.9. The number of aromatic nitrogens is 1. The van der Waals surface area contributed by atoms with Crippen LogP contribution in [0.25, 0.3) is 10.9 Å². The number of carbonyl (C=O) groups excluding carboxylic acids is 1. The summed E-state index contributed by atoms with van der Waals surface area (Å²) in [6.07, 6.45) is 2.46. The van der Waals surface area contributed by atoms with Crippen molar-refractivity contribution in [3.05, 3.63) is 54.7 Å². The molecule has 0 aliphatic carbocycles. The van der Waals surface area contributed by atoms with E-state index < -0.39 is 10.0 Å². The molecule has 1 N–H and O–H groups in total. The standard InChI is InChI=1S/C23H25N3O5S/c1-30-19-13-18(14-20(15-19)31-2)25-23(27)17-8-11-26(12-9-17)32(28,29)21-7-3-5-16-6-4-10-24-22(16)21/h3-7,10,13-15,17H,8-9,11-12H2,1-2H3,(H,25,27). The molecule has 1 amide bonds. The SMILES string of the molecule is COc1cc(NC(=O)C2CCN(S(=O)(=O)c3cccc4cccnc34)CC2)cc(OC)c1. The number of fused-ring (bicyclic) bond motifs is 1. The van der Waals surface area contributed by atoms with Crippen LogP contribution in [0.1, 0.15) is 12.8 Å². The van der Waals surface area contributed by atoms with Gasteiger partial charge in [0.05, 0.1) is 19.7 Å². The maximum Gasteiger partial charge on any atom is 0.245 e. The minimum absolute atomic E-state index is 0.149. The van der Waals surface area contributed by atoms with E-state index >= 15 is 0 Å². The minimum atomic E-state index is -3.71. The van der Waals surface area contributed by atoms with Gasteiger partial charge in [-0.15, -0.1) is 0 Å². The van der Waals surface area contributed by atoms with Gasteiger partial charge in [0, 0.05) is 54.5 Å². The molecule has 0 saturated carbocycles. The number of pyridine rings is 1. The van der Waals surface area contributed by atoms with Gasteiger partial charge >= 0.3 is 0 Å². The Kier molecular flexibility index (Phi) is 6.29. The first-order valence-corrected chi connectivity index (χ1v) is 11.7. The van der Waals surface area contributed by atoms with E-state index in [4.69, 9.17) is 9.47 Å². The number of nitrogens with zero attached hydrogens (tertiary/aromatic N) is 2. The van der Waals surface area contributed by atoms with Crippen molar-refractivity contribution in [2.24, 2.45) is 5.92 Å². The summed E-state index contributed by atoms with van der Waals surface area (Å²) in [5.41, 5.74) is 1.03. The predicted molar refractivity (Wildman–Crippen MR) is 121 cm³/mol. The Hall–Kier alpha value is -3.17. The molecule has 0 radical (unpaired) electrons. The lowest BCUT2D eigenvalue weighted by atomic mass is 9.97. The fourth-order valence-electron chi connectivity index (χ4n) is 3.91. The number of methoxy groups -OCH3 is 2. The van der Waals surface area contributed by atoms with Crippen LogP contribution < -0.4 is 14.8 Å². The van der Waals surface area contributed by atoms with Crippen LogP contribution in [0.15, 0.2) is 59.6 Å². The quantitative estimate of drug-likeness (QED) is 0.613. The number of para-hydroxylation sites is 1. The lowest BCUT2D eigenvalue weighted by Crippen LogP contribution is -2.41. The first-order chi connectivity index (χ1) is 15.4. The van der Waals surface area contributed by atoms with E-state index in [0.717, 1.165) is 5.39 Å². The topological polar surface area (TPSA) is 97.8 Å². The number of hydrogen-bond acceptors (Lipinski definition) is 6. The summed E-state index contributed by atoms with van der Waals surface area (Å²) in [5.74, 6) is 0.710. The van der Waals surface area contributed by atoms with Crippen molar-refractivity contribution >= 4 is 32.5 Å². The fraction of sp³-hybridized carbons (Fsp3) is 0.304. The number of benzene rings is 2. The maximum atomic E-state index is 13.3. The van der Waals surface area contributed by atoms with Gasteiger partial charge in [-0.25, -0.2) is 8.42 Å². The highest BCUT2D eigenvalue weighted by molar-refractivity contribution is 7.89. The molecular formula is C23H25N3O5S. The van der Waals surface area contributed by atoms with Crippen molar-refractivity contribution in [2.45, 2.75) is 17.7 Å². The van der Waals surface area contributed by atoms with Crippen LogP contribution in [0.3, 0.4) is 0 Å². The van der Waals surface area contributed by atoms with E-state index in [1.807, 2.05) is 12.1 Å². The molecule has 0 unspecified atom stereocenters. The van der Waals surface area contributed by atoms with Gasteiger partial charge in [0.2, 0.25) is 15.9 Å². The van der Waals surface area contributed by atoms with E-state index in [0.29, 0.717) is 35.5 Å². The summed E-state index contributed by atoms with van der Waals surface area (Å²) in [4.78, 5) is 17.3. The van der Waals surface area contributed by atoms with Crippen LogP contribution >= 0.6 is 0 Å². The zero-order valence-corrected chi connectivity index (χ0v) is 18.8. The predicted octanol–water partition coefficient (Wildman–Crippen LogP) is 3.29. The molecule has 0 spiro atoms. The number of sulfonamides is 1. The Labute approximate surface area is 187 Å². The number of ether oxygens (including phenoxy) is 2. The molecule has 0 bridgehead atoms. The summed E-state index contributed by atoms with van der Waals surface area (Å²) >= 11 is 0. The largest absolute Gasteiger partial charge is 0.497 e. The van der Waals surface area contributed by atoms with E-state index in [-0.39, 0.29) is 29.8 Å². The normalized spacial score (nSPS) is 15.4. The molecule has 1 aromatic heterocycles. The summed E-state index contributed by atoms with van der Waals surface area (Å²) in [7, 11) is -0.621. The highest BCUT2D eigenvalue weighted by atomic mass is 32.2. The Morgan fingerprint density at radius 1 is 1.03 bits per heavy atom. The number of carbonyl (C=O) groups is 1. The Morgan fingerprint density at radius 3 is 2.34 bits per heavy atom. The second-order valence-corrected chi connectivity index (χ2v) is 9.51. The number of amides is 1. The van der Waals surface area contributed by atoms with Gasteiger partial charge in [-0.3, -0.25) is 9.78 Å². The third-order valence-electron chi connectivity index (χ3n) is 5.66. The van der Waals surface area contributed by atoms with Gasteiger partial charge in [0.15, 0.2) is 0 Å². The molecule has 4 rings (SSSR count). The third kappa shape index (κ3) is 4.39. The molecule has 0 atom stereocenters. The fourth-order valence-corrected chi connectivity index (χ4v) is 5.54. The number of rotatable bonds is 6. The second-order valence-electron chi connectivity index (χ2n) is 7.60. The van der Waals surface area contributed by atoms with Crippen molar-refractivity contribution in [2.75, 3.05) is 32.6 Å². The lowest BCUT2D eigenvalue weighted by Gasteiger charge is -2.30. The van der Waals surface area contributed by atoms with Crippen LogP contribution in [0, 0.1) is 5.92 Å². The molecule has 2 heterocycles. The van der Waals surface area contributed by atoms with Gasteiger partial charge in [-0.2, -0.15) is 4.31 Å². The molecule has 2 aromatic carbocycles. The summed E-state index contributed by atoms with van der Waals surface area (Å²) in [6.45, 7) is 0.538. The Morgan fingerprint density at radius 2 is 1.69 bits per heavy atom. The number of hydrogen-bond donors (Lipinski definition) is 1. The van der Waals surface area contributed by atoms with Gasteiger partial charge in [-0.05, 0) is 25.0 Å². The van der Waals surface area contributed by atoms with Crippen molar-refractivity contribution in [1.82, 2.24) is 9.29 Å². The highest BCUT2D eigenvalue weighted by Gasteiger charge is 2.33. The molecule has 8 nitrogen and oxygen atoms in total. The molecule has 168 valence electrons. The van der Waals surface area contributed by atoms with Gasteiger partial charge < -0.3 is 14.8 Å². The average Bonchev–Trinajstić information content (AvgIpc) is 2.83. The van der Waals surface area contributed by atoms with E-state index in [2.05, 4.69) is 10.3 Å². The smallest absolute Gasteiger partial charge is 0.245 e. The average molecular weight is 456 g/mol. The highest BCUT2D eigenvalue weighted by Crippen LogP contribution is 2.30. The van der Waals surface area contributed by atoms with Crippen LogP contribution in [0.4, 0.5) is 5.69 Å². The first-order valence-electron chi connectivity index (χ1n) is 10.3. The molecule has 1 aliphatic rings. The number of nitrogens with one attached hydrogen (secondary N) is 1. The Balaban J connectivity index is 1.45.